The summed E-state index contributed by atoms with van der Waals surface area (Å²) < 4.78 is 16.4. The first kappa shape index (κ1) is 21.3. The number of hydrogen-bond donors (Lipinski definition) is 1. The van der Waals surface area contributed by atoms with Crippen LogP contribution in [0.25, 0.3) is 11.1 Å². The minimum Gasteiger partial charge on any atom is -0.493 e. The number of hydrazone groups is 1. The molecule has 0 aromatic heterocycles. The van der Waals surface area contributed by atoms with Crippen molar-refractivity contribution in [2.75, 3.05) is 47.5 Å². The number of piperazine rings is 1. The summed E-state index contributed by atoms with van der Waals surface area (Å²) >= 11 is 0. The van der Waals surface area contributed by atoms with Gasteiger partial charge >= 0.3 is 0 Å². The van der Waals surface area contributed by atoms with E-state index in [9.17, 15) is 0 Å². The lowest BCUT2D eigenvalue weighted by Gasteiger charge is -2.34. The fourth-order valence-corrected chi connectivity index (χ4v) is 5.15. The highest BCUT2D eigenvalue weighted by Gasteiger charge is 2.37. The average Bonchev–Trinajstić information content (AvgIpc) is 3.21. The molecule has 0 amide bonds. The van der Waals surface area contributed by atoms with Crippen LogP contribution >= 0.6 is 0 Å². The van der Waals surface area contributed by atoms with Crippen LogP contribution < -0.4 is 19.1 Å². The van der Waals surface area contributed by atoms with Gasteiger partial charge in [-0.3, -0.25) is 5.01 Å². The van der Waals surface area contributed by atoms with Crippen molar-refractivity contribution in [3.05, 3.63) is 77.4 Å². The molecule has 1 saturated heterocycles. The quantitative estimate of drug-likeness (QED) is 0.594. The first-order valence-electron chi connectivity index (χ1n) is 11.4. The molecular weight excluding hydrogens is 414 g/mol. The van der Waals surface area contributed by atoms with Crippen LogP contribution in [0.15, 0.2) is 65.8 Å². The highest BCUT2D eigenvalue weighted by Crippen LogP contribution is 2.42. The van der Waals surface area contributed by atoms with Gasteiger partial charge < -0.3 is 19.1 Å². The van der Waals surface area contributed by atoms with E-state index < -0.39 is 0 Å². The topological polar surface area (TPSA) is 47.7 Å². The van der Waals surface area contributed by atoms with E-state index in [1.165, 1.54) is 22.3 Å². The van der Waals surface area contributed by atoms with E-state index in [-0.39, 0.29) is 0 Å². The number of quaternary nitrogens is 1. The van der Waals surface area contributed by atoms with Gasteiger partial charge in [0, 0.05) is 16.7 Å². The highest BCUT2D eigenvalue weighted by atomic mass is 16.5. The standard InChI is InChI=1S/C27H29N3O3/c1-31-24-13-12-19(26(32-2)27(24)33-3)18-28-30-16-14-29(15-17-30)25-22-10-6-4-8-20(22)21-9-5-7-11-23(21)25/h4-13,18,25H,14-17H2,1-3H3/p+1/b28-18-. The lowest BCUT2D eigenvalue weighted by molar-refractivity contribution is -0.929. The van der Waals surface area contributed by atoms with Crippen LogP contribution in [0.4, 0.5) is 0 Å². The second kappa shape index (κ2) is 9.16. The number of nitrogens with one attached hydrogen (secondary N) is 1. The molecule has 33 heavy (non-hydrogen) atoms. The van der Waals surface area contributed by atoms with Gasteiger partial charge in [-0.05, 0) is 23.3 Å². The predicted molar refractivity (Wildman–Crippen MR) is 130 cm³/mol. The predicted octanol–water partition coefficient (Wildman–Crippen LogP) is 3.02. The van der Waals surface area contributed by atoms with Crippen LogP contribution in [-0.2, 0) is 0 Å². The third kappa shape index (κ3) is 3.80. The molecule has 0 saturated carbocycles. The molecule has 0 bridgehead atoms. The Labute approximate surface area is 195 Å². The van der Waals surface area contributed by atoms with Crippen molar-refractivity contribution in [1.29, 1.82) is 0 Å². The van der Waals surface area contributed by atoms with Gasteiger partial charge in [-0.25, -0.2) is 0 Å². The molecule has 6 nitrogen and oxygen atoms in total. The SMILES string of the molecule is COc1ccc(/C=N\N2CC[NH+](C3c4ccccc4-c4ccccc43)CC2)c(OC)c1OC. The summed E-state index contributed by atoms with van der Waals surface area (Å²) in [5.41, 5.74) is 6.52. The molecule has 0 unspecified atom stereocenters. The van der Waals surface area contributed by atoms with E-state index in [1.807, 2.05) is 18.3 Å². The molecule has 0 radical (unpaired) electrons. The Balaban J connectivity index is 1.31. The minimum absolute atomic E-state index is 0.398. The Kier molecular flexibility index (Phi) is 5.92. The van der Waals surface area contributed by atoms with Crippen LogP contribution in [0.3, 0.4) is 0 Å². The Morgan fingerprint density at radius 3 is 1.97 bits per heavy atom. The largest absolute Gasteiger partial charge is 0.493 e. The second-order valence-corrected chi connectivity index (χ2v) is 8.39. The van der Waals surface area contributed by atoms with E-state index in [4.69, 9.17) is 19.3 Å². The normalized spacial score (nSPS) is 16.0. The lowest BCUT2D eigenvalue weighted by Crippen LogP contribution is -3.14. The molecule has 170 valence electrons. The molecule has 2 aliphatic rings. The van der Waals surface area contributed by atoms with Gasteiger partial charge in [0.1, 0.15) is 6.04 Å². The van der Waals surface area contributed by atoms with E-state index in [2.05, 4.69) is 53.5 Å². The number of nitrogens with zero attached hydrogens (tertiary/aromatic N) is 2. The molecule has 1 aliphatic heterocycles. The molecule has 1 N–H and O–H groups in total. The van der Waals surface area contributed by atoms with Crippen molar-refractivity contribution in [2.45, 2.75) is 6.04 Å². The van der Waals surface area contributed by atoms with Crippen LogP contribution in [0.2, 0.25) is 0 Å². The van der Waals surface area contributed by atoms with Gasteiger partial charge in [-0.2, -0.15) is 5.10 Å². The first-order chi connectivity index (χ1) is 16.2. The molecular formula is C27H30N3O3+. The maximum absolute atomic E-state index is 5.58. The van der Waals surface area contributed by atoms with Crippen LogP contribution in [0.5, 0.6) is 17.2 Å². The summed E-state index contributed by atoms with van der Waals surface area (Å²) in [6.45, 7) is 3.88. The number of hydrogen-bond acceptors (Lipinski definition) is 5. The Bertz CT molecular complexity index is 1120. The number of benzene rings is 3. The Morgan fingerprint density at radius 2 is 1.39 bits per heavy atom. The maximum atomic E-state index is 5.58. The Hall–Kier alpha value is -3.51. The zero-order valence-electron chi connectivity index (χ0n) is 19.4. The summed E-state index contributed by atoms with van der Waals surface area (Å²) in [5.74, 6) is 1.85. The molecule has 6 heteroatoms. The van der Waals surface area contributed by atoms with E-state index in [1.54, 1.807) is 26.2 Å². The molecule has 0 atom stereocenters. The van der Waals surface area contributed by atoms with Crippen molar-refractivity contribution < 1.29 is 19.1 Å². The zero-order valence-corrected chi connectivity index (χ0v) is 19.4. The minimum atomic E-state index is 0.398. The van der Waals surface area contributed by atoms with Crippen molar-refractivity contribution in [3.63, 3.8) is 0 Å². The van der Waals surface area contributed by atoms with Gasteiger partial charge in [-0.1, -0.05) is 48.5 Å². The molecule has 0 spiro atoms. The number of methoxy groups -OCH3 is 3. The van der Waals surface area contributed by atoms with Crippen molar-refractivity contribution in [2.24, 2.45) is 5.10 Å². The fraction of sp³-hybridized carbons (Fsp3) is 0.296. The third-order valence-corrected chi connectivity index (χ3v) is 6.72. The van der Waals surface area contributed by atoms with Gasteiger partial charge in [0.2, 0.25) is 5.75 Å². The molecule has 3 aromatic carbocycles. The van der Waals surface area contributed by atoms with Gasteiger partial charge in [0.25, 0.3) is 0 Å². The first-order valence-corrected chi connectivity index (χ1v) is 11.4. The summed E-state index contributed by atoms with van der Waals surface area (Å²) in [6.07, 6.45) is 1.85. The molecule has 1 heterocycles. The van der Waals surface area contributed by atoms with E-state index in [0.29, 0.717) is 23.3 Å². The number of fused-ring (bicyclic) bond motifs is 3. The number of ether oxygens (including phenoxy) is 3. The summed E-state index contributed by atoms with van der Waals surface area (Å²) in [6, 6.07) is 21.9. The summed E-state index contributed by atoms with van der Waals surface area (Å²) in [7, 11) is 4.87. The number of rotatable bonds is 6. The van der Waals surface area contributed by atoms with E-state index in [0.717, 1.165) is 31.7 Å². The molecule has 5 rings (SSSR count). The molecule has 1 fully saturated rings. The maximum Gasteiger partial charge on any atom is 0.203 e. The van der Waals surface area contributed by atoms with Gasteiger partial charge in [-0.15, -0.1) is 0 Å². The Morgan fingerprint density at radius 1 is 0.788 bits per heavy atom. The van der Waals surface area contributed by atoms with Crippen LogP contribution in [0, 0.1) is 0 Å². The van der Waals surface area contributed by atoms with Crippen molar-refractivity contribution >= 4 is 6.21 Å². The highest BCUT2D eigenvalue weighted by molar-refractivity contribution is 5.86. The second-order valence-electron chi connectivity index (χ2n) is 8.39. The van der Waals surface area contributed by atoms with Gasteiger partial charge in [0.15, 0.2) is 11.5 Å². The van der Waals surface area contributed by atoms with E-state index >= 15 is 0 Å². The molecule has 1 aliphatic carbocycles. The van der Waals surface area contributed by atoms with Crippen LogP contribution in [-0.4, -0.2) is 58.7 Å². The smallest absolute Gasteiger partial charge is 0.203 e. The fourth-order valence-electron chi connectivity index (χ4n) is 5.15. The lowest BCUT2D eigenvalue weighted by atomic mass is 10.0. The summed E-state index contributed by atoms with van der Waals surface area (Å²) in [4.78, 5) is 1.60. The average molecular weight is 445 g/mol. The van der Waals surface area contributed by atoms with Gasteiger partial charge in [0.05, 0.1) is 53.7 Å². The monoisotopic (exact) mass is 444 g/mol. The van der Waals surface area contributed by atoms with Crippen molar-refractivity contribution in [1.82, 2.24) is 5.01 Å². The molecule has 3 aromatic rings. The third-order valence-electron chi connectivity index (χ3n) is 6.72. The van der Waals surface area contributed by atoms with Crippen LogP contribution in [0.1, 0.15) is 22.7 Å². The summed E-state index contributed by atoms with van der Waals surface area (Å²) in [5, 5.41) is 6.91. The van der Waals surface area contributed by atoms with Crippen molar-refractivity contribution in [3.8, 4) is 28.4 Å². The zero-order chi connectivity index (χ0) is 22.8.